The highest BCUT2D eigenvalue weighted by Crippen LogP contribution is 2.44. The molecule has 1 heterocycles. The third-order valence-electron chi connectivity index (χ3n) is 4.59. The normalized spacial score (nSPS) is 13.0. The number of fused-ring (bicyclic) bond motifs is 2. The molecule has 8 heteroatoms. The maximum atomic E-state index is 13.0. The van der Waals surface area contributed by atoms with Crippen molar-refractivity contribution in [2.45, 2.75) is 24.9 Å². The first kappa shape index (κ1) is 20.2. The average molecular weight is 429 g/mol. The van der Waals surface area contributed by atoms with Gasteiger partial charge in [-0.2, -0.15) is 18.3 Å². The van der Waals surface area contributed by atoms with Gasteiger partial charge in [-0.1, -0.05) is 17.7 Å². The largest absolute Gasteiger partial charge is 0.453 e. The second kappa shape index (κ2) is 7.95. The smallest absolute Gasteiger partial charge is 0.416 e. The predicted molar refractivity (Wildman–Crippen MR) is 114 cm³/mol. The second-order valence-corrected chi connectivity index (χ2v) is 7.71. The fourth-order valence-electron chi connectivity index (χ4n) is 2.91. The second-order valence-electron chi connectivity index (χ2n) is 6.85. The quantitative estimate of drug-likeness (QED) is 0.211. The Hall–Kier alpha value is -3.13. The van der Waals surface area contributed by atoms with Crippen molar-refractivity contribution in [2.24, 2.45) is 5.10 Å². The molecular weight excluding hydrogens is 411 g/mol. The lowest BCUT2D eigenvalue weighted by Gasteiger charge is -2.23. The molecule has 3 aromatic carbocycles. The van der Waals surface area contributed by atoms with E-state index < -0.39 is 11.7 Å². The number of hydrazone groups is 1. The summed E-state index contributed by atoms with van der Waals surface area (Å²) < 4.78 is 44.7. The van der Waals surface area contributed by atoms with Crippen molar-refractivity contribution in [2.75, 3.05) is 5.32 Å². The zero-order chi connectivity index (χ0) is 21.3. The molecule has 0 radical (unpaired) electrons. The molecule has 3 aromatic rings. The SMILES string of the molecule is C/C(=N\NSc1ccc(C)cc1)c1ccc2c(c1)Nc1cc(C(F)(F)F)ccc1O2. The number of aryl methyl sites for hydroxylation is 1. The maximum Gasteiger partial charge on any atom is 0.416 e. The molecule has 4 nitrogen and oxygen atoms in total. The van der Waals surface area contributed by atoms with Gasteiger partial charge in [0.25, 0.3) is 0 Å². The van der Waals surface area contributed by atoms with Crippen LogP contribution < -0.4 is 14.9 Å². The van der Waals surface area contributed by atoms with E-state index in [1.165, 1.54) is 23.6 Å². The number of halogens is 3. The average Bonchev–Trinajstić information content (AvgIpc) is 2.72. The third-order valence-corrected chi connectivity index (χ3v) is 5.28. The first-order valence-electron chi connectivity index (χ1n) is 9.13. The summed E-state index contributed by atoms with van der Waals surface area (Å²) in [5.74, 6) is 0.894. The van der Waals surface area contributed by atoms with E-state index in [2.05, 4.69) is 15.2 Å². The number of nitrogens with one attached hydrogen (secondary N) is 2. The molecule has 0 aromatic heterocycles. The number of hydrogen-bond acceptors (Lipinski definition) is 5. The van der Waals surface area contributed by atoms with Gasteiger partial charge in [0.05, 0.1) is 22.6 Å². The Labute approximate surface area is 176 Å². The van der Waals surface area contributed by atoms with Crippen LogP contribution in [0.2, 0.25) is 0 Å². The molecule has 0 saturated heterocycles. The van der Waals surface area contributed by atoms with Gasteiger partial charge in [-0.15, -0.1) is 0 Å². The van der Waals surface area contributed by atoms with Gasteiger partial charge in [-0.05, 0) is 67.9 Å². The summed E-state index contributed by atoms with van der Waals surface area (Å²) in [5, 5.41) is 7.39. The molecule has 0 spiro atoms. The fourth-order valence-corrected chi connectivity index (χ4v) is 3.47. The van der Waals surface area contributed by atoms with Gasteiger partial charge in [-0.25, -0.2) is 4.83 Å². The van der Waals surface area contributed by atoms with Gasteiger partial charge in [0, 0.05) is 16.8 Å². The minimum atomic E-state index is -4.41. The van der Waals surface area contributed by atoms with E-state index in [-0.39, 0.29) is 5.69 Å². The number of ether oxygens (including phenoxy) is 1. The lowest BCUT2D eigenvalue weighted by atomic mass is 10.1. The van der Waals surface area contributed by atoms with E-state index in [9.17, 15) is 13.2 Å². The number of benzene rings is 3. The lowest BCUT2D eigenvalue weighted by molar-refractivity contribution is -0.137. The van der Waals surface area contributed by atoms with E-state index in [1.807, 2.05) is 44.2 Å². The molecule has 0 unspecified atom stereocenters. The summed E-state index contributed by atoms with van der Waals surface area (Å²) in [6.07, 6.45) is -4.41. The highest BCUT2D eigenvalue weighted by molar-refractivity contribution is 7.97. The molecule has 0 atom stereocenters. The molecule has 0 amide bonds. The van der Waals surface area contributed by atoms with Gasteiger partial charge < -0.3 is 10.1 Å². The lowest BCUT2D eigenvalue weighted by Crippen LogP contribution is -2.09. The van der Waals surface area contributed by atoms with Crippen molar-refractivity contribution in [3.8, 4) is 11.5 Å². The van der Waals surface area contributed by atoms with Gasteiger partial charge in [-0.3, -0.25) is 0 Å². The minimum Gasteiger partial charge on any atom is -0.453 e. The zero-order valence-electron chi connectivity index (χ0n) is 16.2. The standard InChI is InChI=1S/C22H18F3N3OS/c1-13-3-7-17(8-4-13)30-28-27-14(2)15-5-9-20-18(11-15)26-19-12-16(22(23,24)25)6-10-21(19)29-20/h3-12,26,28H,1-2H3/b27-14+. The van der Waals surface area contributed by atoms with Crippen LogP contribution in [0.4, 0.5) is 24.5 Å². The zero-order valence-corrected chi connectivity index (χ0v) is 17.0. The monoisotopic (exact) mass is 429 g/mol. The summed E-state index contributed by atoms with van der Waals surface area (Å²) >= 11 is 1.39. The van der Waals surface area contributed by atoms with E-state index in [0.29, 0.717) is 17.2 Å². The molecule has 2 N–H and O–H groups in total. The third kappa shape index (κ3) is 4.38. The Kier molecular flexibility index (Phi) is 5.34. The van der Waals surface area contributed by atoms with Crippen LogP contribution in [0.5, 0.6) is 11.5 Å². The Morgan fingerprint density at radius 2 is 1.63 bits per heavy atom. The van der Waals surface area contributed by atoms with Crippen molar-refractivity contribution in [1.82, 2.24) is 4.83 Å². The van der Waals surface area contributed by atoms with Crippen LogP contribution in [0.3, 0.4) is 0 Å². The molecule has 0 saturated carbocycles. The number of hydrogen-bond donors (Lipinski definition) is 2. The molecular formula is C22H18F3N3OS. The van der Waals surface area contributed by atoms with E-state index in [1.54, 1.807) is 12.1 Å². The van der Waals surface area contributed by atoms with Crippen LogP contribution in [0, 0.1) is 6.92 Å². The summed E-state index contributed by atoms with van der Waals surface area (Å²) in [4.78, 5) is 4.00. The van der Waals surface area contributed by atoms with Crippen LogP contribution in [-0.2, 0) is 6.18 Å². The Bertz CT molecular complexity index is 1110. The van der Waals surface area contributed by atoms with E-state index in [4.69, 9.17) is 4.74 Å². The van der Waals surface area contributed by atoms with Crippen LogP contribution in [0.25, 0.3) is 0 Å². The first-order chi connectivity index (χ1) is 14.3. The fraction of sp³-hybridized carbons (Fsp3) is 0.136. The van der Waals surface area contributed by atoms with Gasteiger partial charge in [0.2, 0.25) is 0 Å². The molecule has 1 aliphatic heterocycles. The van der Waals surface area contributed by atoms with Crippen molar-refractivity contribution >= 4 is 29.0 Å². The Morgan fingerprint density at radius 1 is 0.967 bits per heavy atom. The Balaban J connectivity index is 1.50. The molecule has 0 bridgehead atoms. The molecule has 4 rings (SSSR count). The van der Waals surface area contributed by atoms with Crippen molar-refractivity contribution in [3.05, 3.63) is 77.4 Å². The number of anilines is 2. The molecule has 30 heavy (non-hydrogen) atoms. The molecule has 154 valence electrons. The van der Waals surface area contributed by atoms with Crippen molar-refractivity contribution in [3.63, 3.8) is 0 Å². The summed E-state index contributed by atoms with van der Waals surface area (Å²) in [7, 11) is 0. The van der Waals surface area contributed by atoms with Gasteiger partial charge in [0.15, 0.2) is 11.5 Å². The maximum absolute atomic E-state index is 13.0. The van der Waals surface area contributed by atoms with Crippen LogP contribution in [0.1, 0.15) is 23.6 Å². The van der Waals surface area contributed by atoms with Gasteiger partial charge >= 0.3 is 6.18 Å². The van der Waals surface area contributed by atoms with E-state index >= 15 is 0 Å². The first-order valence-corrected chi connectivity index (χ1v) is 9.94. The number of rotatable bonds is 4. The minimum absolute atomic E-state index is 0.275. The topological polar surface area (TPSA) is 45.7 Å². The molecule has 1 aliphatic rings. The van der Waals surface area contributed by atoms with Crippen molar-refractivity contribution < 1.29 is 17.9 Å². The summed E-state index contributed by atoms with van der Waals surface area (Å²) in [6, 6.07) is 16.9. The summed E-state index contributed by atoms with van der Waals surface area (Å²) in [6.45, 7) is 3.88. The van der Waals surface area contributed by atoms with Crippen LogP contribution in [0.15, 0.2) is 70.7 Å². The highest BCUT2D eigenvalue weighted by atomic mass is 32.2. The number of nitrogens with zero attached hydrogens (tertiary/aromatic N) is 1. The summed E-state index contributed by atoms with van der Waals surface area (Å²) in [5.41, 5.74) is 2.86. The molecule has 0 aliphatic carbocycles. The number of alkyl halides is 3. The van der Waals surface area contributed by atoms with Crippen molar-refractivity contribution in [1.29, 1.82) is 0 Å². The van der Waals surface area contributed by atoms with Crippen LogP contribution in [-0.4, -0.2) is 5.71 Å². The predicted octanol–water partition coefficient (Wildman–Crippen LogP) is 6.88. The highest BCUT2D eigenvalue weighted by Gasteiger charge is 2.32. The Morgan fingerprint density at radius 3 is 2.33 bits per heavy atom. The van der Waals surface area contributed by atoms with Gasteiger partial charge in [0.1, 0.15) is 0 Å². The van der Waals surface area contributed by atoms with Crippen LogP contribution >= 0.6 is 11.9 Å². The van der Waals surface area contributed by atoms with E-state index in [0.717, 1.165) is 28.3 Å². The molecule has 0 fully saturated rings.